The first-order chi connectivity index (χ1) is 6.52. The molecule has 0 aromatic rings. The molecule has 1 N–H and O–H groups in total. The molecule has 0 radical (unpaired) electrons. The van der Waals surface area contributed by atoms with Crippen LogP contribution in [0.5, 0.6) is 0 Å². The van der Waals surface area contributed by atoms with E-state index in [1.54, 1.807) is 6.92 Å². The van der Waals surface area contributed by atoms with Crippen LogP contribution in [0, 0.1) is 0 Å². The highest BCUT2D eigenvalue weighted by Crippen LogP contribution is 2.15. The molecule has 1 rings (SSSR count). The third-order valence-electron chi connectivity index (χ3n) is 2.22. The molecule has 1 aliphatic heterocycles. The monoisotopic (exact) mass is 209 g/mol. The minimum Gasteiger partial charge on any atom is -0.480 e. The first kappa shape index (κ1) is 11.3. The average Bonchev–Trinajstić information content (AvgIpc) is 2.01. The van der Waals surface area contributed by atoms with Crippen molar-refractivity contribution in [3.63, 3.8) is 0 Å². The van der Waals surface area contributed by atoms with Gasteiger partial charge in [0.15, 0.2) is 0 Å². The molecule has 82 valence electrons. The van der Waals surface area contributed by atoms with E-state index in [1.165, 1.54) is 4.90 Å². The summed E-state index contributed by atoms with van der Waals surface area (Å²) in [5, 5.41) is 8.83. The second-order valence-corrected chi connectivity index (χ2v) is 3.25. The molecular weight excluding hydrogens is 196 g/mol. The Morgan fingerprint density at radius 3 is 2.86 bits per heavy atom. The van der Waals surface area contributed by atoms with Gasteiger partial charge in [-0.25, -0.2) is 8.78 Å². The number of ether oxygens (including phenoxy) is 1. The smallest absolute Gasteiger partial charge is 0.323 e. The second-order valence-electron chi connectivity index (χ2n) is 3.25. The van der Waals surface area contributed by atoms with Crippen molar-refractivity contribution in [2.45, 2.75) is 25.5 Å². The average molecular weight is 209 g/mol. The highest BCUT2D eigenvalue weighted by molar-refractivity contribution is 5.74. The molecule has 0 aromatic carbocycles. The zero-order valence-corrected chi connectivity index (χ0v) is 7.82. The quantitative estimate of drug-likeness (QED) is 0.732. The van der Waals surface area contributed by atoms with Gasteiger partial charge in [-0.05, 0) is 6.92 Å². The molecule has 4 nitrogen and oxygen atoms in total. The molecule has 6 heteroatoms. The number of aliphatic carboxylic acids is 1. The van der Waals surface area contributed by atoms with E-state index in [0.717, 1.165) is 0 Å². The zero-order chi connectivity index (χ0) is 10.7. The lowest BCUT2D eigenvalue weighted by Gasteiger charge is -2.36. The Morgan fingerprint density at radius 2 is 2.36 bits per heavy atom. The molecule has 14 heavy (non-hydrogen) atoms. The van der Waals surface area contributed by atoms with Gasteiger partial charge < -0.3 is 9.84 Å². The van der Waals surface area contributed by atoms with Crippen LogP contribution in [0.15, 0.2) is 0 Å². The van der Waals surface area contributed by atoms with Gasteiger partial charge in [0, 0.05) is 6.54 Å². The number of nitrogens with zero attached hydrogens (tertiary/aromatic N) is 1. The van der Waals surface area contributed by atoms with Gasteiger partial charge in [0.25, 0.3) is 6.43 Å². The zero-order valence-electron chi connectivity index (χ0n) is 7.82. The fraction of sp³-hybridized carbons (Fsp3) is 0.875. The summed E-state index contributed by atoms with van der Waals surface area (Å²) in [5.41, 5.74) is 0. The van der Waals surface area contributed by atoms with Crippen molar-refractivity contribution in [1.82, 2.24) is 4.90 Å². The standard InChI is InChI=1S/C8H13F2NO3/c1-5-7(8(12)13)11(2-3-14-5)4-6(9)10/h5-7H,2-4H2,1H3,(H,12,13). The van der Waals surface area contributed by atoms with E-state index in [2.05, 4.69) is 0 Å². The number of hydrogen-bond acceptors (Lipinski definition) is 3. The largest absolute Gasteiger partial charge is 0.480 e. The molecule has 0 bridgehead atoms. The number of carboxylic acid groups (broad SMARTS) is 1. The molecule has 0 aromatic heterocycles. The van der Waals surface area contributed by atoms with Crippen LogP contribution in [0.4, 0.5) is 8.78 Å². The van der Waals surface area contributed by atoms with Crippen LogP contribution in [-0.2, 0) is 9.53 Å². The van der Waals surface area contributed by atoms with E-state index in [0.29, 0.717) is 6.61 Å². The molecule has 0 saturated carbocycles. The van der Waals surface area contributed by atoms with Crippen LogP contribution in [0.25, 0.3) is 0 Å². The van der Waals surface area contributed by atoms with Crippen LogP contribution < -0.4 is 0 Å². The highest BCUT2D eigenvalue weighted by atomic mass is 19.3. The summed E-state index contributed by atoms with van der Waals surface area (Å²) in [4.78, 5) is 12.0. The maximum Gasteiger partial charge on any atom is 0.323 e. The first-order valence-corrected chi connectivity index (χ1v) is 4.39. The van der Waals surface area contributed by atoms with Crippen molar-refractivity contribution in [2.24, 2.45) is 0 Å². The van der Waals surface area contributed by atoms with E-state index in [4.69, 9.17) is 9.84 Å². The summed E-state index contributed by atoms with van der Waals surface area (Å²) in [6.45, 7) is 1.62. The molecule has 2 atom stereocenters. The summed E-state index contributed by atoms with van der Waals surface area (Å²) in [5.74, 6) is -1.11. The van der Waals surface area contributed by atoms with E-state index >= 15 is 0 Å². The minimum atomic E-state index is -2.51. The summed E-state index contributed by atoms with van der Waals surface area (Å²) in [6.07, 6.45) is -3.05. The third-order valence-corrected chi connectivity index (χ3v) is 2.22. The maximum atomic E-state index is 12.1. The van der Waals surface area contributed by atoms with Crippen molar-refractivity contribution in [1.29, 1.82) is 0 Å². The lowest BCUT2D eigenvalue weighted by molar-refractivity contribution is -0.157. The first-order valence-electron chi connectivity index (χ1n) is 4.39. The van der Waals surface area contributed by atoms with E-state index in [1.807, 2.05) is 0 Å². The van der Waals surface area contributed by atoms with Crippen LogP contribution in [0.3, 0.4) is 0 Å². The third kappa shape index (κ3) is 2.62. The van der Waals surface area contributed by atoms with Crippen LogP contribution in [-0.4, -0.2) is 54.2 Å². The summed E-state index contributed by atoms with van der Waals surface area (Å²) < 4.78 is 29.3. The lowest BCUT2D eigenvalue weighted by Crippen LogP contribution is -2.55. The number of hydrogen-bond donors (Lipinski definition) is 1. The number of morpholine rings is 1. The van der Waals surface area contributed by atoms with Crippen LogP contribution in [0.2, 0.25) is 0 Å². The molecule has 1 aliphatic rings. The Kier molecular flexibility index (Phi) is 3.77. The molecule has 1 heterocycles. The van der Waals surface area contributed by atoms with Crippen molar-refractivity contribution in [2.75, 3.05) is 19.7 Å². The number of carbonyl (C=O) groups is 1. The lowest BCUT2D eigenvalue weighted by atomic mass is 10.1. The van der Waals surface area contributed by atoms with Crippen LogP contribution in [0.1, 0.15) is 6.92 Å². The number of alkyl halides is 2. The fourth-order valence-corrected chi connectivity index (χ4v) is 1.62. The van der Waals surface area contributed by atoms with E-state index in [-0.39, 0.29) is 6.54 Å². The van der Waals surface area contributed by atoms with E-state index < -0.39 is 31.1 Å². The Morgan fingerprint density at radius 1 is 1.71 bits per heavy atom. The van der Waals surface area contributed by atoms with Gasteiger partial charge >= 0.3 is 5.97 Å². The Bertz CT molecular complexity index is 213. The van der Waals surface area contributed by atoms with Crippen molar-refractivity contribution in [3.8, 4) is 0 Å². The molecule has 0 aliphatic carbocycles. The summed E-state index contributed by atoms with van der Waals surface area (Å²) in [7, 11) is 0. The molecular formula is C8H13F2NO3. The number of halogens is 2. The normalized spacial score (nSPS) is 29.4. The van der Waals surface area contributed by atoms with Gasteiger partial charge in [-0.3, -0.25) is 9.69 Å². The van der Waals surface area contributed by atoms with Gasteiger partial charge in [-0.15, -0.1) is 0 Å². The van der Waals surface area contributed by atoms with Crippen molar-refractivity contribution >= 4 is 5.97 Å². The minimum absolute atomic E-state index is 0.242. The van der Waals surface area contributed by atoms with Gasteiger partial charge in [-0.2, -0.15) is 0 Å². The predicted octanol–water partition coefficient (Wildman–Crippen LogP) is 0.425. The SMILES string of the molecule is CC1OCCN(CC(F)F)C1C(=O)O. The van der Waals surface area contributed by atoms with Gasteiger partial charge in [0.1, 0.15) is 6.04 Å². The number of carboxylic acids is 1. The molecule has 0 amide bonds. The van der Waals surface area contributed by atoms with Gasteiger partial charge in [0.2, 0.25) is 0 Å². The second kappa shape index (κ2) is 4.65. The van der Waals surface area contributed by atoms with Gasteiger partial charge in [-0.1, -0.05) is 0 Å². The molecule has 1 saturated heterocycles. The Balaban J connectivity index is 2.64. The molecule has 2 unspecified atom stereocenters. The number of rotatable bonds is 3. The topological polar surface area (TPSA) is 49.8 Å². The molecule has 1 fully saturated rings. The summed E-state index contributed by atoms with van der Waals surface area (Å²) in [6, 6.07) is -0.960. The Hall–Kier alpha value is -0.750. The van der Waals surface area contributed by atoms with Crippen molar-refractivity contribution in [3.05, 3.63) is 0 Å². The van der Waals surface area contributed by atoms with E-state index in [9.17, 15) is 13.6 Å². The Labute approximate surface area is 80.4 Å². The predicted molar refractivity (Wildman–Crippen MR) is 44.4 cm³/mol. The summed E-state index contributed by atoms with van der Waals surface area (Å²) >= 11 is 0. The maximum absolute atomic E-state index is 12.1. The highest BCUT2D eigenvalue weighted by Gasteiger charge is 2.36. The van der Waals surface area contributed by atoms with Crippen molar-refractivity contribution < 1.29 is 23.4 Å². The fourth-order valence-electron chi connectivity index (χ4n) is 1.62. The van der Waals surface area contributed by atoms with Crippen LogP contribution >= 0.6 is 0 Å². The van der Waals surface area contributed by atoms with Gasteiger partial charge in [0.05, 0.1) is 19.3 Å². The molecule has 0 spiro atoms.